The Bertz CT molecular complexity index is 147. The molecule has 1 nitrogen and oxygen atoms in total. The molecule has 1 heterocycles. The molecule has 1 aliphatic rings. The van der Waals surface area contributed by atoms with Crippen LogP contribution in [0.3, 0.4) is 0 Å². The minimum atomic E-state index is 0.726. The van der Waals surface area contributed by atoms with Crippen LogP contribution in [0.2, 0.25) is 0 Å². The van der Waals surface area contributed by atoms with Gasteiger partial charge in [-0.3, -0.25) is 4.90 Å². The predicted octanol–water partition coefficient (Wildman–Crippen LogP) is 3.54. The number of hydrogen-bond donors (Lipinski definition) is 0. The first-order valence-electron chi connectivity index (χ1n) is 6.32. The van der Waals surface area contributed by atoms with Crippen molar-refractivity contribution in [3.8, 4) is 0 Å². The van der Waals surface area contributed by atoms with Crippen molar-refractivity contribution in [2.75, 3.05) is 6.54 Å². The highest BCUT2D eigenvalue weighted by molar-refractivity contribution is 4.88. The van der Waals surface area contributed by atoms with Crippen LogP contribution >= 0.6 is 0 Å². The molecule has 84 valence electrons. The van der Waals surface area contributed by atoms with Gasteiger partial charge in [0.25, 0.3) is 0 Å². The summed E-state index contributed by atoms with van der Waals surface area (Å²) in [7, 11) is 0. The van der Waals surface area contributed by atoms with Crippen LogP contribution in [0.15, 0.2) is 0 Å². The fourth-order valence-corrected chi connectivity index (χ4v) is 2.85. The Morgan fingerprint density at radius 3 is 2.21 bits per heavy atom. The van der Waals surface area contributed by atoms with Gasteiger partial charge in [-0.2, -0.15) is 0 Å². The van der Waals surface area contributed by atoms with Crippen LogP contribution in [0.5, 0.6) is 0 Å². The second-order valence-corrected chi connectivity index (χ2v) is 5.49. The second kappa shape index (κ2) is 5.16. The predicted molar refractivity (Wildman–Crippen MR) is 63.5 cm³/mol. The van der Waals surface area contributed by atoms with E-state index in [1.54, 1.807) is 0 Å². The molecule has 0 unspecified atom stereocenters. The maximum absolute atomic E-state index is 2.71. The smallest absolute Gasteiger partial charge is 0.0124 e. The van der Waals surface area contributed by atoms with E-state index in [9.17, 15) is 0 Å². The maximum Gasteiger partial charge on any atom is 0.0124 e. The summed E-state index contributed by atoms with van der Waals surface area (Å²) >= 11 is 0. The summed E-state index contributed by atoms with van der Waals surface area (Å²) in [5, 5.41) is 0. The van der Waals surface area contributed by atoms with Crippen LogP contribution in [0, 0.1) is 11.8 Å². The van der Waals surface area contributed by atoms with E-state index in [2.05, 4.69) is 39.5 Å². The third kappa shape index (κ3) is 2.73. The van der Waals surface area contributed by atoms with E-state index < -0.39 is 0 Å². The monoisotopic (exact) mass is 197 g/mol. The number of nitrogens with zero attached hydrogens (tertiary/aromatic N) is 1. The highest BCUT2D eigenvalue weighted by atomic mass is 15.2. The van der Waals surface area contributed by atoms with Gasteiger partial charge >= 0.3 is 0 Å². The number of rotatable bonds is 4. The second-order valence-electron chi connectivity index (χ2n) is 5.49. The van der Waals surface area contributed by atoms with Crippen molar-refractivity contribution in [3.05, 3.63) is 0 Å². The van der Waals surface area contributed by atoms with Gasteiger partial charge < -0.3 is 0 Å². The van der Waals surface area contributed by atoms with Crippen LogP contribution in [-0.4, -0.2) is 23.5 Å². The molecule has 0 amide bonds. The normalized spacial score (nSPS) is 29.4. The third-order valence-corrected chi connectivity index (χ3v) is 3.60. The molecule has 0 aromatic carbocycles. The van der Waals surface area contributed by atoms with Crippen molar-refractivity contribution < 1.29 is 0 Å². The average Bonchev–Trinajstić information content (AvgIpc) is 2.49. The fourth-order valence-electron chi connectivity index (χ4n) is 2.85. The molecule has 0 aromatic rings. The van der Waals surface area contributed by atoms with Gasteiger partial charge in [0.05, 0.1) is 0 Å². The van der Waals surface area contributed by atoms with E-state index in [-0.39, 0.29) is 0 Å². The molecule has 0 aliphatic carbocycles. The van der Waals surface area contributed by atoms with Gasteiger partial charge in [0, 0.05) is 18.6 Å². The van der Waals surface area contributed by atoms with Crippen molar-refractivity contribution in [3.63, 3.8) is 0 Å². The molecule has 14 heavy (non-hydrogen) atoms. The molecule has 0 radical (unpaired) electrons. The van der Waals surface area contributed by atoms with Crippen molar-refractivity contribution in [2.45, 2.75) is 66.0 Å². The first kappa shape index (κ1) is 12.0. The minimum absolute atomic E-state index is 0.726. The zero-order chi connectivity index (χ0) is 10.7. The average molecular weight is 197 g/mol. The first-order chi connectivity index (χ1) is 6.56. The summed E-state index contributed by atoms with van der Waals surface area (Å²) in [4.78, 5) is 2.71. The lowest BCUT2D eigenvalue weighted by Gasteiger charge is -2.30. The van der Waals surface area contributed by atoms with Crippen LogP contribution in [0.1, 0.15) is 53.9 Å². The molecule has 1 saturated heterocycles. The molecule has 2 atom stereocenters. The van der Waals surface area contributed by atoms with Gasteiger partial charge in [0.2, 0.25) is 0 Å². The molecule has 0 N–H and O–H groups in total. The van der Waals surface area contributed by atoms with Crippen molar-refractivity contribution in [1.29, 1.82) is 0 Å². The Balaban J connectivity index is 2.56. The van der Waals surface area contributed by atoms with E-state index in [4.69, 9.17) is 0 Å². The zero-order valence-corrected chi connectivity index (χ0v) is 10.6. The summed E-state index contributed by atoms with van der Waals surface area (Å²) in [6, 6.07) is 1.57. The van der Waals surface area contributed by atoms with Crippen LogP contribution in [0.4, 0.5) is 0 Å². The molecule has 0 saturated carbocycles. The molecule has 1 aliphatic heterocycles. The van der Waals surface area contributed by atoms with E-state index in [1.165, 1.54) is 25.8 Å². The Labute approximate surface area is 89.9 Å². The number of likely N-dealkylation sites (tertiary alicyclic amines) is 1. The van der Waals surface area contributed by atoms with Gasteiger partial charge in [-0.15, -0.1) is 0 Å². The Kier molecular flexibility index (Phi) is 4.43. The summed E-state index contributed by atoms with van der Waals surface area (Å²) in [5.74, 6) is 1.79. The van der Waals surface area contributed by atoms with Gasteiger partial charge in [0.1, 0.15) is 0 Å². The molecule has 1 rings (SSSR count). The van der Waals surface area contributed by atoms with Crippen LogP contribution in [0.25, 0.3) is 0 Å². The molecular formula is C13H27N. The van der Waals surface area contributed by atoms with Crippen molar-refractivity contribution in [1.82, 2.24) is 4.90 Å². The maximum atomic E-state index is 2.71. The summed E-state index contributed by atoms with van der Waals surface area (Å²) in [6.07, 6.45) is 4.21. The summed E-state index contributed by atoms with van der Waals surface area (Å²) in [5.41, 5.74) is 0. The summed E-state index contributed by atoms with van der Waals surface area (Å²) in [6.45, 7) is 13.1. The topological polar surface area (TPSA) is 3.24 Å². The van der Waals surface area contributed by atoms with Gasteiger partial charge in [-0.1, -0.05) is 27.2 Å². The van der Waals surface area contributed by atoms with Gasteiger partial charge in [-0.05, 0) is 38.5 Å². The minimum Gasteiger partial charge on any atom is -0.297 e. The lowest BCUT2D eigenvalue weighted by molar-refractivity contribution is 0.164. The third-order valence-electron chi connectivity index (χ3n) is 3.60. The Hall–Kier alpha value is -0.0400. The first-order valence-corrected chi connectivity index (χ1v) is 6.32. The van der Waals surface area contributed by atoms with E-state index in [1.807, 2.05) is 0 Å². The standard InChI is InChI=1S/C13H27N/c1-6-7-12-8-13(10(2)3)14(9-12)11(4)5/h10-13H,6-9H2,1-5H3/t12-,13-/m0/s1. The molecule has 0 spiro atoms. The fraction of sp³-hybridized carbons (Fsp3) is 1.00. The Morgan fingerprint density at radius 1 is 1.21 bits per heavy atom. The van der Waals surface area contributed by atoms with E-state index >= 15 is 0 Å². The Morgan fingerprint density at radius 2 is 1.86 bits per heavy atom. The van der Waals surface area contributed by atoms with Crippen LogP contribution < -0.4 is 0 Å². The molecule has 1 heteroatoms. The van der Waals surface area contributed by atoms with Crippen molar-refractivity contribution in [2.24, 2.45) is 11.8 Å². The van der Waals surface area contributed by atoms with E-state index in [0.717, 1.165) is 23.9 Å². The molecule has 1 fully saturated rings. The van der Waals surface area contributed by atoms with Crippen LogP contribution in [-0.2, 0) is 0 Å². The summed E-state index contributed by atoms with van der Waals surface area (Å²) < 4.78 is 0. The lowest BCUT2D eigenvalue weighted by Crippen LogP contribution is -2.38. The molecule has 0 bridgehead atoms. The lowest BCUT2D eigenvalue weighted by atomic mass is 9.95. The quantitative estimate of drug-likeness (QED) is 0.666. The SMILES string of the molecule is CCC[C@H]1C[C@@H](C(C)C)N(C(C)C)C1. The van der Waals surface area contributed by atoms with Gasteiger partial charge in [-0.25, -0.2) is 0 Å². The molecular weight excluding hydrogens is 170 g/mol. The van der Waals surface area contributed by atoms with E-state index in [0.29, 0.717) is 0 Å². The zero-order valence-electron chi connectivity index (χ0n) is 10.6. The van der Waals surface area contributed by atoms with Gasteiger partial charge in [0.15, 0.2) is 0 Å². The molecule has 0 aromatic heterocycles. The highest BCUT2D eigenvalue weighted by Gasteiger charge is 2.34. The van der Waals surface area contributed by atoms with Crippen molar-refractivity contribution >= 4 is 0 Å². The highest BCUT2D eigenvalue weighted by Crippen LogP contribution is 2.32. The number of hydrogen-bond acceptors (Lipinski definition) is 1. The largest absolute Gasteiger partial charge is 0.297 e.